The van der Waals surface area contributed by atoms with Crippen LogP contribution < -0.4 is 0 Å². The molecule has 0 aliphatic carbocycles. The van der Waals surface area contributed by atoms with E-state index >= 15 is 0 Å². The topological polar surface area (TPSA) is 53.4 Å². The number of likely N-dealkylation sites (N-methyl/N-ethyl adjacent to an activating group) is 1. The Morgan fingerprint density at radius 3 is 2.86 bits per heavy atom. The molecule has 1 aromatic heterocycles. The summed E-state index contributed by atoms with van der Waals surface area (Å²) in [5.41, 5.74) is 1.53. The molecule has 7 heteroatoms. The molecule has 1 atom stereocenters. The molecule has 0 fully saturated rings. The average molecular weight is 345 g/mol. The van der Waals surface area contributed by atoms with Crippen LogP contribution in [0.5, 0.6) is 0 Å². The highest BCUT2D eigenvalue weighted by Crippen LogP contribution is 2.31. The van der Waals surface area contributed by atoms with Gasteiger partial charge in [-0.2, -0.15) is 0 Å². The summed E-state index contributed by atoms with van der Waals surface area (Å²) in [5, 5.41) is 12.9. The van der Waals surface area contributed by atoms with Crippen molar-refractivity contribution in [3.8, 4) is 11.3 Å². The van der Waals surface area contributed by atoms with Gasteiger partial charge in [0, 0.05) is 16.0 Å². The van der Waals surface area contributed by atoms with Gasteiger partial charge in [0.25, 0.3) is 0 Å². The number of rotatable bonds is 5. The number of carboxylic acid groups (broad SMARTS) is 1. The van der Waals surface area contributed by atoms with Crippen molar-refractivity contribution in [2.75, 3.05) is 7.05 Å². The van der Waals surface area contributed by atoms with Crippen LogP contribution in [0.15, 0.2) is 23.6 Å². The number of nitrogens with zero attached hydrogens (tertiary/aromatic N) is 2. The van der Waals surface area contributed by atoms with Crippen molar-refractivity contribution in [1.29, 1.82) is 0 Å². The number of aliphatic carboxylic acids is 1. The van der Waals surface area contributed by atoms with E-state index < -0.39 is 12.0 Å². The Balaban J connectivity index is 2.18. The van der Waals surface area contributed by atoms with Crippen LogP contribution in [0.1, 0.15) is 11.9 Å². The van der Waals surface area contributed by atoms with Crippen molar-refractivity contribution >= 4 is 40.5 Å². The first kappa shape index (κ1) is 16.2. The van der Waals surface area contributed by atoms with E-state index in [-0.39, 0.29) is 0 Å². The van der Waals surface area contributed by atoms with E-state index in [4.69, 9.17) is 28.3 Å². The number of halogens is 2. The van der Waals surface area contributed by atoms with E-state index in [1.54, 1.807) is 37.1 Å². The first-order chi connectivity index (χ1) is 9.88. The standard InChI is InChI=1S/C14H14Cl2N2O2S/c1-8(14(19)20)18(2)6-13-17-12(7-21-13)10-5-9(15)3-4-11(10)16/h3-5,7-8H,6H2,1-2H3,(H,19,20). The van der Waals surface area contributed by atoms with Crippen molar-refractivity contribution in [3.63, 3.8) is 0 Å². The summed E-state index contributed by atoms with van der Waals surface area (Å²) in [6, 6.07) is 4.67. The molecule has 0 saturated heterocycles. The second kappa shape index (κ2) is 6.75. The van der Waals surface area contributed by atoms with Crippen LogP contribution in [0.4, 0.5) is 0 Å². The summed E-state index contributed by atoms with van der Waals surface area (Å²) in [4.78, 5) is 17.2. The van der Waals surface area contributed by atoms with E-state index in [1.807, 2.05) is 5.38 Å². The normalized spacial score (nSPS) is 12.6. The molecule has 2 rings (SSSR count). The molecule has 0 saturated carbocycles. The molecule has 1 aromatic carbocycles. The predicted octanol–water partition coefficient (Wildman–Crippen LogP) is 4.02. The third kappa shape index (κ3) is 3.95. The summed E-state index contributed by atoms with van der Waals surface area (Å²) < 4.78 is 0. The summed E-state index contributed by atoms with van der Waals surface area (Å²) in [5.74, 6) is -0.854. The highest BCUT2D eigenvalue weighted by atomic mass is 35.5. The van der Waals surface area contributed by atoms with Gasteiger partial charge in [0.15, 0.2) is 0 Å². The Bertz CT molecular complexity index is 660. The third-order valence-electron chi connectivity index (χ3n) is 3.16. The van der Waals surface area contributed by atoms with Gasteiger partial charge in [0.1, 0.15) is 11.0 Å². The molecule has 1 unspecified atom stereocenters. The predicted molar refractivity (Wildman–Crippen MR) is 86.1 cm³/mol. The highest BCUT2D eigenvalue weighted by Gasteiger charge is 2.18. The van der Waals surface area contributed by atoms with Crippen LogP contribution in [0.3, 0.4) is 0 Å². The molecule has 112 valence electrons. The molecule has 1 heterocycles. The van der Waals surface area contributed by atoms with Crippen LogP contribution in [0.25, 0.3) is 11.3 Å². The average Bonchev–Trinajstić information content (AvgIpc) is 2.88. The lowest BCUT2D eigenvalue weighted by atomic mass is 10.2. The number of aromatic nitrogens is 1. The summed E-state index contributed by atoms with van der Waals surface area (Å²) in [6.45, 7) is 2.11. The SMILES string of the molecule is CC(C(=O)O)N(C)Cc1nc(-c2cc(Cl)ccc2Cl)cs1. The quantitative estimate of drug-likeness (QED) is 0.889. The van der Waals surface area contributed by atoms with Crippen molar-refractivity contribution < 1.29 is 9.90 Å². The fourth-order valence-electron chi connectivity index (χ4n) is 1.74. The first-order valence-electron chi connectivity index (χ1n) is 6.21. The van der Waals surface area contributed by atoms with Gasteiger partial charge in [0.05, 0.1) is 17.3 Å². The molecule has 0 bridgehead atoms. The molecule has 0 radical (unpaired) electrons. The zero-order chi connectivity index (χ0) is 15.6. The molecule has 0 spiro atoms. The van der Waals surface area contributed by atoms with E-state index in [0.717, 1.165) is 16.3 Å². The zero-order valence-corrected chi connectivity index (χ0v) is 13.8. The Morgan fingerprint density at radius 1 is 1.48 bits per heavy atom. The summed E-state index contributed by atoms with van der Waals surface area (Å²) in [7, 11) is 1.76. The van der Waals surface area contributed by atoms with E-state index in [2.05, 4.69) is 4.98 Å². The molecule has 0 amide bonds. The number of benzene rings is 1. The minimum atomic E-state index is -0.854. The molecule has 2 aromatic rings. The van der Waals surface area contributed by atoms with Gasteiger partial charge < -0.3 is 5.11 Å². The van der Waals surface area contributed by atoms with E-state index in [1.165, 1.54) is 11.3 Å². The molecule has 0 aliphatic rings. The maximum Gasteiger partial charge on any atom is 0.320 e. The van der Waals surface area contributed by atoms with Crippen LogP contribution in [-0.4, -0.2) is 34.0 Å². The van der Waals surface area contributed by atoms with Crippen LogP contribution in [-0.2, 0) is 11.3 Å². The second-order valence-corrected chi connectivity index (χ2v) is 6.47. The first-order valence-corrected chi connectivity index (χ1v) is 7.85. The molecular weight excluding hydrogens is 331 g/mol. The number of hydrogen-bond donors (Lipinski definition) is 1. The largest absolute Gasteiger partial charge is 0.480 e. The Kier molecular flexibility index (Phi) is 5.22. The smallest absolute Gasteiger partial charge is 0.320 e. The minimum absolute atomic E-state index is 0.469. The van der Waals surface area contributed by atoms with Crippen LogP contribution >= 0.6 is 34.5 Å². The lowest BCUT2D eigenvalue weighted by molar-refractivity contribution is -0.142. The highest BCUT2D eigenvalue weighted by molar-refractivity contribution is 7.09. The third-order valence-corrected chi connectivity index (χ3v) is 4.56. The molecule has 21 heavy (non-hydrogen) atoms. The van der Waals surface area contributed by atoms with Crippen molar-refractivity contribution in [1.82, 2.24) is 9.88 Å². The molecular formula is C14H14Cl2N2O2S. The second-order valence-electron chi connectivity index (χ2n) is 4.68. The van der Waals surface area contributed by atoms with Crippen LogP contribution in [0, 0.1) is 0 Å². The van der Waals surface area contributed by atoms with Crippen molar-refractivity contribution in [2.24, 2.45) is 0 Å². The van der Waals surface area contributed by atoms with E-state index in [9.17, 15) is 4.79 Å². The monoisotopic (exact) mass is 344 g/mol. The number of carboxylic acids is 1. The fraction of sp³-hybridized carbons (Fsp3) is 0.286. The van der Waals surface area contributed by atoms with E-state index in [0.29, 0.717) is 16.6 Å². The van der Waals surface area contributed by atoms with Gasteiger partial charge in [0.2, 0.25) is 0 Å². The Labute approximate surface area is 136 Å². The number of hydrogen-bond acceptors (Lipinski definition) is 4. The van der Waals surface area contributed by atoms with Gasteiger partial charge >= 0.3 is 5.97 Å². The van der Waals surface area contributed by atoms with Gasteiger partial charge in [-0.3, -0.25) is 9.69 Å². The van der Waals surface area contributed by atoms with Crippen LogP contribution in [0.2, 0.25) is 10.0 Å². The van der Waals surface area contributed by atoms with Gasteiger partial charge in [-0.25, -0.2) is 4.98 Å². The number of thiazole rings is 1. The number of carbonyl (C=O) groups is 1. The molecule has 4 nitrogen and oxygen atoms in total. The zero-order valence-electron chi connectivity index (χ0n) is 11.5. The summed E-state index contributed by atoms with van der Waals surface area (Å²) >= 11 is 13.6. The van der Waals surface area contributed by atoms with Gasteiger partial charge in [-0.15, -0.1) is 11.3 Å². The Hall–Kier alpha value is -1.14. The Morgan fingerprint density at radius 2 is 2.19 bits per heavy atom. The maximum atomic E-state index is 10.9. The van der Waals surface area contributed by atoms with Crippen molar-refractivity contribution in [2.45, 2.75) is 19.5 Å². The van der Waals surface area contributed by atoms with Gasteiger partial charge in [-0.1, -0.05) is 23.2 Å². The summed E-state index contributed by atoms with van der Waals surface area (Å²) in [6.07, 6.45) is 0. The minimum Gasteiger partial charge on any atom is -0.480 e. The fourth-order valence-corrected chi connectivity index (χ4v) is 2.98. The molecule has 1 N–H and O–H groups in total. The van der Waals surface area contributed by atoms with Crippen molar-refractivity contribution in [3.05, 3.63) is 38.6 Å². The molecule has 0 aliphatic heterocycles. The lowest BCUT2D eigenvalue weighted by Gasteiger charge is -2.19. The van der Waals surface area contributed by atoms with Gasteiger partial charge in [-0.05, 0) is 32.2 Å². The lowest BCUT2D eigenvalue weighted by Crippen LogP contribution is -2.35. The maximum absolute atomic E-state index is 10.9.